The minimum atomic E-state index is -0.300. The van der Waals surface area contributed by atoms with Crippen molar-refractivity contribution >= 4 is 17.4 Å². The standard InChI is InChI=1S/C22H24N4O3/c1-14-6-5-7-17(15(14)2)24-21-11-9-18(25-26-21)22(27)23-13-16-8-10-19(28-3)20(12-16)29-4/h5-12H,13H2,1-4H3,(H,23,27)(H,24,26). The van der Waals surface area contributed by atoms with Crippen LogP contribution < -0.4 is 20.1 Å². The SMILES string of the molecule is COc1ccc(CNC(=O)c2ccc(Nc3cccc(C)c3C)nn2)cc1OC. The summed E-state index contributed by atoms with van der Waals surface area (Å²) in [6, 6.07) is 14.9. The molecule has 0 radical (unpaired) electrons. The lowest BCUT2D eigenvalue weighted by Gasteiger charge is -2.11. The van der Waals surface area contributed by atoms with Crippen LogP contribution in [0.4, 0.5) is 11.5 Å². The number of benzene rings is 2. The van der Waals surface area contributed by atoms with Gasteiger partial charge < -0.3 is 20.1 Å². The number of methoxy groups -OCH3 is 2. The van der Waals surface area contributed by atoms with Crippen molar-refractivity contribution in [2.75, 3.05) is 19.5 Å². The molecule has 7 nitrogen and oxygen atoms in total. The highest BCUT2D eigenvalue weighted by Crippen LogP contribution is 2.27. The number of amides is 1. The highest BCUT2D eigenvalue weighted by Gasteiger charge is 2.10. The number of carbonyl (C=O) groups excluding carboxylic acids is 1. The van der Waals surface area contributed by atoms with Crippen molar-refractivity contribution < 1.29 is 14.3 Å². The Bertz CT molecular complexity index is 1000. The van der Waals surface area contributed by atoms with Gasteiger partial charge in [0, 0.05) is 12.2 Å². The molecule has 0 aliphatic carbocycles. The quantitative estimate of drug-likeness (QED) is 0.636. The number of ether oxygens (including phenoxy) is 2. The van der Waals surface area contributed by atoms with E-state index >= 15 is 0 Å². The third kappa shape index (κ3) is 4.82. The summed E-state index contributed by atoms with van der Waals surface area (Å²) in [7, 11) is 3.15. The summed E-state index contributed by atoms with van der Waals surface area (Å²) in [5, 5.41) is 14.2. The summed E-state index contributed by atoms with van der Waals surface area (Å²) >= 11 is 0. The van der Waals surface area contributed by atoms with E-state index in [1.165, 1.54) is 5.56 Å². The number of carbonyl (C=O) groups is 1. The fourth-order valence-electron chi connectivity index (χ4n) is 2.81. The molecule has 3 aromatic rings. The number of hydrogen-bond donors (Lipinski definition) is 2. The first-order valence-corrected chi connectivity index (χ1v) is 9.18. The van der Waals surface area contributed by atoms with E-state index in [0.717, 1.165) is 16.8 Å². The molecule has 1 amide bonds. The Balaban J connectivity index is 1.62. The third-order valence-electron chi connectivity index (χ3n) is 4.67. The Morgan fingerprint density at radius 1 is 0.966 bits per heavy atom. The maximum Gasteiger partial charge on any atom is 0.272 e. The Kier molecular flexibility index (Phi) is 6.29. The normalized spacial score (nSPS) is 10.3. The number of aromatic nitrogens is 2. The van der Waals surface area contributed by atoms with Crippen LogP contribution in [0.5, 0.6) is 11.5 Å². The summed E-state index contributed by atoms with van der Waals surface area (Å²) < 4.78 is 10.5. The van der Waals surface area contributed by atoms with Crippen molar-refractivity contribution in [3.05, 3.63) is 70.9 Å². The molecule has 0 saturated carbocycles. The molecule has 0 fully saturated rings. The van der Waals surface area contributed by atoms with Crippen molar-refractivity contribution in [3.63, 3.8) is 0 Å². The van der Waals surface area contributed by atoms with Gasteiger partial charge in [-0.1, -0.05) is 18.2 Å². The highest BCUT2D eigenvalue weighted by atomic mass is 16.5. The minimum absolute atomic E-state index is 0.247. The van der Waals surface area contributed by atoms with E-state index in [4.69, 9.17) is 9.47 Å². The first-order valence-electron chi connectivity index (χ1n) is 9.18. The molecular weight excluding hydrogens is 368 g/mol. The zero-order valence-electron chi connectivity index (χ0n) is 16.9. The first kappa shape index (κ1) is 20.1. The first-order chi connectivity index (χ1) is 14.0. The van der Waals surface area contributed by atoms with E-state index in [1.54, 1.807) is 32.4 Å². The number of nitrogens with zero attached hydrogens (tertiary/aromatic N) is 2. The molecular formula is C22H24N4O3. The molecule has 0 aliphatic heterocycles. The van der Waals surface area contributed by atoms with Crippen LogP contribution in [0.2, 0.25) is 0 Å². The Hall–Kier alpha value is -3.61. The summed E-state index contributed by atoms with van der Waals surface area (Å²) in [5.74, 6) is 1.53. The lowest BCUT2D eigenvalue weighted by Crippen LogP contribution is -2.24. The van der Waals surface area contributed by atoms with Crippen molar-refractivity contribution in [1.29, 1.82) is 0 Å². The minimum Gasteiger partial charge on any atom is -0.493 e. The van der Waals surface area contributed by atoms with Crippen LogP contribution in [0, 0.1) is 13.8 Å². The molecule has 29 heavy (non-hydrogen) atoms. The maximum absolute atomic E-state index is 12.4. The average molecular weight is 392 g/mol. The van der Waals surface area contributed by atoms with Gasteiger partial charge >= 0.3 is 0 Å². The Labute approximate surface area is 170 Å². The molecule has 2 N–H and O–H groups in total. The van der Waals surface area contributed by atoms with Crippen LogP contribution in [0.25, 0.3) is 0 Å². The highest BCUT2D eigenvalue weighted by molar-refractivity contribution is 5.92. The van der Waals surface area contributed by atoms with Crippen LogP contribution in [0.15, 0.2) is 48.5 Å². The topological polar surface area (TPSA) is 85.4 Å². The Morgan fingerprint density at radius 3 is 2.45 bits per heavy atom. The van der Waals surface area contributed by atoms with Crippen LogP contribution in [-0.2, 0) is 6.54 Å². The van der Waals surface area contributed by atoms with Crippen LogP contribution in [-0.4, -0.2) is 30.3 Å². The van der Waals surface area contributed by atoms with Crippen molar-refractivity contribution in [3.8, 4) is 11.5 Å². The molecule has 0 unspecified atom stereocenters. The Morgan fingerprint density at radius 2 is 1.76 bits per heavy atom. The number of aryl methyl sites for hydroxylation is 1. The smallest absolute Gasteiger partial charge is 0.272 e. The lowest BCUT2D eigenvalue weighted by molar-refractivity contribution is 0.0945. The molecule has 3 rings (SSSR count). The molecule has 0 saturated heterocycles. The van der Waals surface area contributed by atoms with Crippen molar-refractivity contribution in [2.24, 2.45) is 0 Å². The van der Waals surface area contributed by atoms with Gasteiger partial charge in [-0.05, 0) is 60.9 Å². The van der Waals surface area contributed by atoms with Gasteiger partial charge in [0.05, 0.1) is 14.2 Å². The van der Waals surface area contributed by atoms with Gasteiger partial charge in [0.1, 0.15) is 0 Å². The second kappa shape index (κ2) is 9.05. The van der Waals surface area contributed by atoms with Crippen molar-refractivity contribution in [1.82, 2.24) is 15.5 Å². The lowest BCUT2D eigenvalue weighted by atomic mass is 10.1. The number of nitrogens with one attached hydrogen (secondary N) is 2. The molecule has 2 aromatic carbocycles. The van der Waals surface area contributed by atoms with Crippen molar-refractivity contribution in [2.45, 2.75) is 20.4 Å². The molecule has 0 bridgehead atoms. The molecule has 0 spiro atoms. The van der Waals surface area contributed by atoms with Gasteiger partial charge in [-0.25, -0.2) is 0 Å². The van der Waals surface area contributed by atoms with Gasteiger partial charge in [-0.2, -0.15) is 0 Å². The van der Waals surface area contributed by atoms with Crippen LogP contribution >= 0.6 is 0 Å². The largest absolute Gasteiger partial charge is 0.493 e. The predicted molar refractivity (Wildman–Crippen MR) is 112 cm³/mol. The van der Waals surface area contributed by atoms with Gasteiger partial charge in [0.2, 0.25) is 0 Å². The summed E-state index contributed by atoms with van der Waals surface area (Å²) in [5.41, 5.74) is 4.43. The predicted octanol–water partition coefficient (Wildman–Crippen LogP) is 3.78. The molecule has 1 heterocycles. The monoisotopic (exact) mass is 392 g/mol. The number of rotatable bonds is 7. The van der Waals surface area contributed by atoms with Gasteiger partial charge in [-0.15, -0.1) is 10.2 Å². The summed E-state index contributed by atoms with van der Waals surface area (Å²) in [6.45, 7) is 4.43. The second-order valence-corrected chi connectivity index (χ2v) is 6.55. The maximum atomic E-state index is 12.4. The fraction of sp³-hybridized carbons (Fsp3) is 0.227. The zero-order chi connectivity index (χ0) is 20.8. The number of anilines is 2. The summed E-state index contributed by atoms with van der Waals surface area (Å²) in [6.07, 6.45) is 0. The van der Waals surface area contributed by atoms with E-state index in [-0.39, 0.29) is 11.6 Å². The van der Waals surface area contributed by atoms with Gasteiger partial charge in [0.15, 0.2) is 23.0 Å². The fourth-order valence-corrected chi connectivity index (χ4v) is 2.81. The van der Waals surface area contributed by atoms with E-state index in [9.17, 15) is 4.79 Å². The second-order valence-electron chi connectivity index (χ2n) is 6.55. The number of hydrogen-bond acceptors (Lipinski definition) is 6. The van der Waals surface area contributed by atoms with E-state index in [0.29, 0.717) is 23.9 Å². The van der Waals surface area contributed by atoms with Crippen LogP contribution in [0.1, 0.15) is 27.2 Å². The van der Waals surface area contributed by atoms with Crippen LogP contribution in [0.3, 0.4) is 0 Å². The van der Waals surface area contributed by atoms with Gasteiger partial charge in [-0.3, -0.25) is 4.79 Å². The molecule has 150 valence electrons. The molecule has 1 aromatic heterocycles. The van der Waals surface area contributed by atoms with E-state index < -0.39 is 0 Å². The zero-order valence-corrected chi connectivity index (χ0v) is 16.9. The van der Waals surface area contributed by atoms with E-state index in [2.05, 4.69) is 33.8 Å². The summed E-state index contributed by atoms with van der Waals surface area (Å²) in [4.78, 5) is 12.4. The third-order valence-corrected chi connectivity index (χ3v) is 4.67. The average Bonchev–Trinajstić information content (AvgIpc) is 2.75. The molecule has 0 aliphatic rings. The van der Waals surface area contributed by atoms with E-state index in [1.807, 2.05) is 31.2 Å². The molecule has 7 heteroatoms. The van der Waals surface area contributed by atoms with Gasteiger partial charge in [0.25, 0.3) is 5.91 Å². The molecule has 0 atom stereocenters.